The molecule has 24 nitrogen and oxygen atoms in total. The molecule has 3 aliphatic rings. The van der Waals surface area contributed by atoms with E-state index >= 15 is 0 Å². The number of phosphoric acid groups is 2. The highest BCUT2D eigenvalue weighted by atomic mass is 31.3. The highest BCUT2D eigenvalue weighted by Crippen LogP contribution is 2.56. The number of phosphoric ester groups is 2. The SMILES string of the molecule is Cc1cc2nc3c(=O)[nH]c(=O)nc-3n(CC(O)C(O)C(O)COP(=O)([O-])OP(=O)([O-])OCC3OC(n4cnc5c(N)ncnc54)[C@@H](O)[C@H]3O)c2cc1C. The fourth-order valence-corrected chi connectivity index (χ4v) is 7.56. The Labute approximate surface area is 295 Å². The van der Waals surface area contributed by atoms with Crippen molar-refractivity contribution in [2.45, 2.75) is 63.2 Å². The van der Waals surface area contributed by atoms with Gasteiger partial charge in [-0.2, -0.15) is 4.98 Å². The first-order valence-electron chi connectivity index (χ1n) is 15.4. The van der Waals surface area contributed by atoms with Crippen molar-refractivity contribution in [2.24, 2.45) is 0 Å². The molecule has 53 heavy (non-hydrogen) atoms. The van der Waals surface area contributed by atoms with Crippen LogP contribution in [0.15, 0.2) is 34.4 Å². The average molecular weight is 784 g/mol. The molecule has 9 atom stereocenters. The number of aliphatic hydroxyl groups excluding tert-OH is 5. The van der Waals surface area contributed by atoms with E-state index in [0.29, 0.717) is 0 Å². The van der Waals surface area contributed by atoms with E-state index in [1.165, 1.54) is 15.5 Å². The van der Waals surface area contributed by atoms with Crippen LogP contribution in [0.5, 0.6) is 0 Å². The molecule has 0 saturated carbocycles. The Hall–Kier alpha value is -4.13. The Balaban J connectivity index is 1.07. The first-order valence-corrected chi connectivity index (χ1v) is 18.3. The molecule has 5 heterocycles. The molecule has 7 unspecified atom stereocenters. The second-order valence-electron chi connectivity index (χ2n) is 12.0. The van der Waals surface area contributed by atoms with Crippen molar-refractivity contribution in [1.29, 1.82) is 0 Å². The summed E-state index contributed by atoms with van der Waals surface area (Å²) < 4.78 is 45.7. The monoisotopic (exact) mass is 783 g/mol. The van der Waals surface area contributed by atoms with E-state index < -0.39 is 89.5 Å². The summed E-state index contributed by atoms with van der Waals surface area (Å²) in [4.78, 5) is 71.1. The average Bonchev–Trinajstić information content (AvgIpc) is 3.63. The molecule has 1 fully saturated rings. The molecular weight excluding hydrogens is 752 g/mol. The van der Waals surface area contributed by atoms with Crippen molar-refractivity contribution >= 4 is 43.7 Å². The van der Waals surface area contributed by atoms with Crippen molar-refractivity contribution in [1.82, 2.24) is 39.0 Å². The number of aryl methyl sites for hydroxylation is 2. The number of ether oxygens (including phenoxy) is 1. The lowest BCUT2D eigenvalue weighted by atomic mass is 10.1. The molecule has 1 saturated heterocycles. The Morgan fingerprint density at radius 2 is 1.70 bits per heavy atom. The van der Waals surface area contributed by atoms with Gasteiger partial charge in [0.2, 0.25) is 0 Å². The van der Waals surface area contributed by atoms with Gasteiger partial charge in [-0.25, -0.2) is 29.0 Å². The molecule has 0 aliphatic carbocycles. The number of benzene rings is 1. The zero-order valence-electron chi connectivity index (χ0n) is 27.4. The number of aromatic nitrogens is 8. The van der Waals surface area contributed by atoms with E-state index in [4.69, 9.17) is 10.5 Å². The number of aliphatic hydroxyl groups is 5. The van der Waals surface area contributed by atoms with Gasteiger partial charge < -0.3 is 59.4 Å². The van der Waals surface area contributed by atoms with Crippen LogP contribution >= 0.6 is 15.6 Å². The number of nitrogen functional groups attached to an aromatic ring is 1. The molecule has 26 heteroatoms. The van der Waals surface area contributed by atoms with E-state index in [2.05, 4.69) is 38.3 Å². The summed E-state index contributed by atoms with van der Waals surface area (Å²) in [5.41, 5.74) is 5.97. The van der Waals surface area contributed by atoms with E-state index in [1.54, 1.807) is 26.0 Å². The minimum Gasteiger partial charge on any atom is -0.756 e. The van der Waals surface area contributed by atoms with Crippen LogP contribution in [0, 0.1) is 13.8 Å². The highest BCUT2D eigenvalue weighted by Gasteiger charge is 2.45. The first-order chi connectivity index (χ1) is 24.9. The molecular formula is C27H31N9O15P2-2. The highest BCUT2D eigenvalue weighted by molar-refractivity contribution is 7.59. The van der Waals surface area contributed by atoms with Gasteiger partial charge in [-0.05, 0) is 37.1 Å². The van der Waals surface area contributed by atoms with Crippen molar-refractivity contribution < 1.29 is 62.5 Å². The Kier molecular flexibility index (Phi) is 10.6. The third-order valence-electron chi connectivity index (χ3n) is 8.38. The summed E-state index contributed by atoms with van der Waals surface area (Å²) in [5, 5.41) is 52.9. The minimum atomic E-state index is -5.85. The minimum absolute atomic E-state index is 0.0151. The molecule has 0 amide bonds. The maximum Gasteiger partial charge on any atom is 0.349 e. The molecule has 0 spiro atoms. The van der Waals surface area contributed by atoms with Crippen LogP contribution in [-0.2, 0) is 33.8 Å². The molecule has 0 bridgehead atoms. The Morgan fingerprint density at radius 3 is 2.43 bits per heavy atom. The lowest BCUT2D eigenvalue weighted by Gasteiger charge is -2.32. The fraction of sp³-hybridized carbons (Fsp3) is 0.444. The predicted molar refractivity (Wildman–Crippen MR) is 172 cm³/mol. The van der Waals surface area contributed by atoms with E-state index in [0.717, 1.165) is 17.5 Å². The van der Waals surface area contributed by atoms with Crippen LogP contribution in [0.25, 0.3) is 33.7 Å². The number of hydrogen-bond donors (Lipinski definition) is 7. The Morgan fingerprint density at radius 1 is 1.00 bits per heavy atom. The van der Waals surface area contributed by atoms with E-state index in [-0.39, 0.29) is 39.5 Å². The number of fused-ring (bicyclic) bond motifs is 3. The van der Waals surface area contributed by atoms with Gasteiger partial charge in [0.25, 0.3) is 21.2 Å². The molecule has 0 radical (unpaired) electrons. The van der Waals surface area contributed by atoms with Crippen LogP contribution in [0.2, 0.25) is 0 Å². The van der Waals surface area contributed by atoms with Crippen LogP contribution in [0.4, 0.5) is 5.82 Å². The first kappa shape index (κ1) is 38.6. The lowest BCUT2D eigenvalue weighted by molar-refractivity contribution is -0.247. The summed E-state index contributed by atoms with van der Waals surface area (Å²) >= 11 is 0. The summed E-state index contributed by atoms with van der Waals surface area (Å²) in [7, 11) is -11.6. The largest absolute Gasteiger partial charge is 0.756 e. The summed E-state index contributed by atoms with van der Waals surface area (Å²) in [6, 6.07) is 3.27. The number of nitrogens with zero attached hydrogens (tertiary/aromatic N) is 7. The summed E-state index contributed by atoms with van der Waals surface area (Å²) in [6.07, 6.45) is -10.3. The smallest absolute Gasteiger partial charge is 0.349 e. The third kappa shape index (κ3) is 7.91. The second-order valence-corrected chi connectivity index (χ2v) is 15.0. The number of imidazole rings is 1. The molecule has 1 aromatic carbocycles. The van der Waals surface area contributed by atoms with Crippen molar-refractivity contribution in [3.05, 3.63) is 56.8 Å². The number of nitrogens with two attached hydrogens (primary N) is 1. The number of nitrogens with one attached hydrogen (secondary N) is 1. The predicted octanol–water partition coefficient (Wildman–Crippen LogP) is -3.69. The molecule has 2 aromatic heterocycles. The van der Waals surface area contributed by atoms with Crippen molar-refractivity contribution in [3.63, 3.8) is 0 Å². The van der Waals surface area contributed by atoms with Crippen molar-refractivity contribution in [2.75, 3.05) is 18.9 Å². The maximum absolute atomic E-state index is 12.5. The lowest BCUT2D eigenvalue weighted by Crippen LogP contribution is -2.43. The number of hydrogen-bond acceptors (Lipinski definition) is 21. The van der Waals surface area contributed by atoms with Gasteiger partial charge in [0, 0.05) is 0 Å². The quantitative estimate of drug-likeness (QED) is 0.0446. The van der Waals surface area contributed by atoms with E-state index in [9.17, 15) is 54.0 Å². The molecule has 6 rings (SSSR count). The fourth-order valence-electron chi connectivity index (χ4n) is 5.54. The molecule has 286 valence electrons. The number of rotatable bonds is 13. The summed E-state index contributed by atoms with van der Waals surface area (Å²) in [6.45, 7) is 0.570. The molecule has 3 aliphatic heterocycles. The maximum atomic E-state index is 12.5. The van der Waals surface area contributed by atoms with Gasteiger partial charge in [-0.3, -0.25) is 23.5 Å². The van der Waals surface area contributed by atoms with E-state index in [1.807, 2.05) is 4.98 Å². The van der Waals surface area contributed by atoms with Gasteiger partial charge in [0.05, 0.1) is 37.1 Å². The Bertz CT molecular complexity index is 2350. The van der Waals surface area contributed by atoms with Gasteiger partial charge in [0.1, 0.15) is 48.5 Å². The van der Waals surface area contributed by atoms with Gasteiger partial charge >= 0.3 is 5.69 Å². The van der Waals surface area contributed by atoms with Crippen LogP contribution < -0.4 is 26.8 Å². The van der Waals surface area contributed by atoms with Crippen LogP contribution in [0.3, 0.4) is 0 Å². The molecule has 3 aromatic rings. The summed E-state index contributed by atoms with van der Waals surface area (Å²) in [5.74, 6) is -0.243. The van der Waals surface area contributed by atoms with Crippen molar-refractivity contribution in [3.8, 4) is 11.5 Å². The topological polar surface area (TPSA) is 369 Å². The second kappa shape index (κ2) is 14.6. The number of aromatic amines is 1. The molecule has 8 N–H and O–H groups in total. The normalized spacial score (nSPS) is 23.3. The number of anilines is 1. The standard InChI is InChI=1S/C27H33N9O15P2/c1-10-3-12-13(4-11(10)2)35(24-18(32-12)25(42)34-27(43)33-24)5-14(37)19(39)15(38)6-48-52(44,45)51-53(46,47)49-7-16-20(40)21(41)26(50-16)36-9-31-17-22(28)29-8-30-23(17)36/h3-4,8-9,14-16,19-21,26,37-41H,5-7H2,1-2H3,(H,44,45)(H,46,47)(H2,28,29,30)(H,34,42,43)/p-2/t14?,15?,16?,19?,20-,21-,26?/m0/s1. The van der Waals surface area contributed by atoms with Gasteiger partial charge in [-0.15, -0.1) is 0 Å². The third-order valence-corrected chi connectivity index (χ3v) is 10.9. The zero-order chi connectivity index (χ0) is 38.6. The van der Waals surface area contributed by atoms with Gasteiger partial charge in [-0.1, -0.05) is 0 Å². The number of H-pyrrole nitrogens is 1. The van der Waals surface area contributed by atoms with Crippen LogP contribution in [0.1, 0.15) is 17.4 Å². The van der Waals surface area contributed by atoms with Gasteiger partial charge in [0.15, 0.2) is 29.2 Å². The zero-order valence-corrected chi connectivity index (χ0v) is 29.2. The van der Waals surface area contributed by atoms with Crippen LogP contribution in [-0.4, -0.2) is 114 Å².